The Bertz CT molecular complexity index is 448. The highest BCUT2D eigenvalue weighted by molar-refractivity contribution is 5.06. The normalized spacial score (nSPS) is 10.9. The maximum Gasteiger partial charge on any atom is 0.223 e. The second-order valence-electron chi connectivity index (χ2n) is 3.55. The third kappa shape index (κ3) is 2.70. The van der Waals surface area contributed by atoms with Gasteiger partial charge in [-0.25, -0.2) is 0 Å². The van der Waals surface area contributed by atoms with Gasteiger partial charge in [0.15, 0.2) is 5.82 Å². The van der Waals surface area contributed by atoms with Crippen molar-refractivity contribution in [2.45, 2.75) is 33.4 Å². The van der Waals surface area contributed by atoms with Crippen LogP contribution in [0.1, 0.15) is 30.2 Å². The van der Waals surface area contributed by atoms with Crippen LogP contribution < -0.4 is 5.32 Å². The molecule has 86 valence electrons. The molecule has 2 aromatic heterocycles. The van der Waals surface area contributed by atoms with Gasteiger partial charge in [-0.05, 0) is 12.1 Å². The fraction of sp³-hybridized carbons (Fsp3) is 0.455. The fourth-order valence-corrected chi connectivity index (χ4v) is 1.42. The molecule has 0 spiro atoms. The Hall–Kier alpha value is -1.62. The third-order valence-corrected chi connectivity index (χ3v) is 2.22. The monoisotopic (exact) mass is 221 g/mol. The van der Waals surface area contributed by atoms with E-state index in [1.54, 1.807) is 6.92 Å². The van der Waals surface area contributed by atoms with Gasteiger partial charge >= 0.3 is 0 Å². The van der Waals surface area contributed by atoms with Gasteiger partial charge in [0.2, 0.25) is 5.89 Å². The lowest BCUT2D eigenvalue weighted by Crippen LogP contribution is -2.13. The first-order valence-corrected chi connectivity index (χ1v) is 5.35. The molecule has 0 saturated carbocycles. The maximum atomic E-state index is 5.55. The van der Waals surface area contributed by atoms with Crippen molar-refractivity contribution < 1.29 is 8.94 Å². The summed E-state index contributed by atoms with van der Waals surface area (Å²) in [6, 6.07) is 3.98. The Morgan fingerprint density at radius 3 is 2.69 bits per heavy atom. The van der Waals surface area contributed by atoms with Crippen molar-refractivity contribution in [3.63, 3.8) is 0 Å². The molecule has 2 rings (SSSR count). The second-order valence-corrected chi connectivity index (χ2v) is 3.55. The van der Waals surface area contributed by atoms with Gasteiger partial charge in [0, 0.05) is 13.3 Å². The molecule has 0 atom stereocenters. The van der Waals surface area contributed by atoms with Crippen LogP contribution in [-0.2, 0) is 19.5 Å². The van der Waals surface area contributed by atoms with Crippen molar-refractivity contribution in [3.8, 4) is 0 Å². The molecule has 1 N–H and O–H groups in total. The van der Waals surface area contributed by atoms with Crippen molar-refractivity contribution in [1.29, 1.82) is 0 Å². The highest BCUT2D eigenvalue weighted by atomic mass is 16.5. The molecule has 0 aliphatic carbocycles. The summed E-state index contributed by atoms with van der Waals surface area (Å²) in [5.74, 6) is 3.19. The molecule has 0 fully saturated rings. The van der Waals surface area contributed by atoms with Crippen LogP contribution in [0, 0.1) is 6.92 Å². The molecule has 0 radical (unpaired) electrons. The molecule has 0 aromatic carbocycles. The topological polar surface area (TPSA) is 64.1 Å². The number of rotatable bonds is 5. The van der Waals surface area contributed by atoms with Gasteiger partial charge in [-0.3, -0.25) is 0 Å². The van der Waals surface area contributed by atoms with Crippen LogP contribution in [0.5, 0.6) is 0 Å². The van der Waals surface area contributed by atoms with E-state index in [2.05, 4.69) is 22.4 Å². The lowest BCUT2D eigenvalue weighted by molar-refractivity contribution is 0.384. The molecule has 2 aromatic rings. The third-order valence-electron chi connectivity index (χ3n) is 2.22. The first kappa shape index (κ1) is 10.9. The SMILES string of the molecule is CCc1ccc(CNCc2noc(C)n2)o1. The van der Waals surface area contributed by atoms with Crippen molar-refractivity contribution in [2.24, 2.45) is 0 Å². The molecule has 5 heteroatoms. The number of furan rings is 1. The summed E-state index contributed by atoms with van der Waals surface area (Å²) < 4.78 is 10.4. The van der Waals surface area contributed by atoms with Gasteiger partial charge in [-0.15, -0.1) is 0 Å². The molecule has 0 saturated heterocycles. The Morgan fingerprint density at radius 1 is 1.25 bits per heavy atom. The summed E-state index contributed by atoms with van der Waals surface area (Å²) in [5, 5.41) is 6.98. The zero-order valence-electron chi connectivity index (χ0n) is 9.49. The van der Waals surface area contributed by atoms with E-state index < -0.39 is 0 Å². The molecular weight excluding hydrogens is 206 g/mol. The van der Waals surface area contributed by atoms with Gasteiger partial charge in [0.05, 0.1) is 13.1 Å². The highest BCUT2D eigenvalue weighted by Crippen LogP contribution is 2.08. The molecule has 0 bridgehead atoms. The number of hydrogen-bond acceptors (Lipinski definition) is 5. The standard InChI is InChI=1S/C11H15N3O2/c1-3-9-4-5-10(15-9)6-12-7-11-13-8(2)16-14-11/h4-5,12H,3,6-7H2,1-2H3. The predicted octanol–water partition coefficient (Wildman–Crippen LogP) is 1.82. The lowest BCUT2D eigenvalue weighted by Gasteiger charge is -1.97. The molecule has 2 heterocycles. The Balaban J connectivity index is 1.79. The molecular formula is C11H15N3O2. The predicted molar refractivity (Wildman–Crippen MR) is 57.7 cm³/mol. The zero-order valence-corrected chi connectivity index (χ0v) is 9.49. The summed E-state index contributed by atoms with van der Waals surface area (Å²) in [6.45, 7) is 5.10. The summed E-state index contributed by atoms with van der Waals surface area (Å²) in [7, 11) is 0. The van der Waals surface area contributed by atoms with Crippen molar-refractivity contribution >= 4 is 0 Å². The summed E-state index contributed by atoms with van der Waals surface area (Å²) in [4.78, 5) is 4.09. The van der Waals surface area contributed by atoms with E-state index in [1.807, 2.05) is 12.1 Å². The van der Waals surface area contributed by atoms with Crippen LogP contribution in [0.15, 0.2) is 21.1 Å². The van der Waals surface area contributed by atoms with Crippen molar-refractivity contribution in [2.75, 3.05) is 0 Å². The van der Waals surface area contributed by atoms with E-state index in [4.69, 9.17) is 8.94 Å². The number of nitrogens with zero attached hydrogens (tertiary/aromatic N) is 2. The quantitative estimate of drug-likeness (QED) is 0.834. The van der Waals surface area contributed by atoms with E-state index in [1.165, 1.54) is 0 Å². The van der Waals surface area contributed by atoms with E-state index in [0.29, 0.717) is 24.8 Å². The number of aryl methyl sites for hydroxylation is 2. The molecule has 0 amide bonds. The first-order valence-electron chi connectivity index (χ1n) is 5.35. The molecule has 16 heavy (non-hydrogen) atoms. The van der Waals surface area contributed by atoms with Gasteiger partial charge in [-0.2, -0.15) is 4.98 Å². The molecule has 5 nitrogen and oxygen atoms in total. The molecule has 0 aliphatic heterocycles. The van der Waals surface area contributed by atoms with Crippen LogP contribution in [0.4, 0.5) is 0 Å². The minimum atomic E-state index is 0.583. The van der Waals surface area contributed by atoms with Gasteiger partial charge in [0.1, 0.15) is 11.5 Å². The number of hydrogen-bond donors (Lipinski definition) is 1. The highest BCUT2D eigenvalue weighted by Gasteiger charge is 2.03. The van der Waals surface area contributed by atoms with E-state index in [0.717, 1.165) is 17.9 Å². The molecule has 0 unspecified atom stereocenters. The van der Waals surface area contributed by atoms with E-state index >= 15 is 0 Å². The van der Waals surface area contributed by atoms with Gasteiger partial charge in [-0.1, -0.05) is 12.1 Å². The largest absolute Gasteiger partial charge is 0.465 e. The van der Waals surface area contributed by atoms with Crippen LogP contribution >= 0.6 is 0 Å². The fourth-order valence-electron chi connectivity index (χ4n) is 1.42. The average Bonchev–Trinajstić information content (AvgIpc) is 2.88. The summed E-state index contributed by atoms with van der Waals surface area (Å²) in [5.41, 5.74) is 0. The zero-order chi connectivity index (χ0) is 11.4. The number of aromatic nitrogens is 2. The van der Waals surface area contributed by atoms with Crippen LogP contribution in [0.25, 0.3) is 0 Å². The van der Waals surface area contributed by atoms with Crippen LogP contribution in [-0.4, -0.2) is 10.1 Å². The average molecular weight is 221 g/mol. The van der Waals surface area contributed by atoms with Crippen LogP contribution in [0.3, 0.4) is 0 Å². The van der Waals surface area contributed by atoms with Crippen molar-refractivity contribution in [3.05, 3.63) is 35.4 Å². The van der Waals surface area contributed by atoms with Crippen LogP contribution in [0.2, 0.25) is 0 Å². The minimum absolute atomic E-state index is 0.583. The molecule has 0 aliphatic rings. The summed E-state index contributed by atoms with van der Waals surface area (Å²) in [6.07, 6.45) is 0.921. The summed E-state index contributed by atoms with van der Waals surface area (Å²) >= 11 is 0. The van der Waals surface area contributed by atoms with Gasteiger partial charge < -0.3 is 14.3 Å². The van der Waals surface area contributed by atoms with Crippen molar-refractivity contribution in [1.82, 2.24) is 15.5 Å². The Kier molecular flexibility index (Phi) is 3.36. The Morgan fingerprint density at radius 2 is 2.06 bits per heavy atom. The number of nitrogens with one attached hydrogen (secondary N) is 1. The smallest absolute Gasteiger partial charge is 0.223 e. The second kappa shape index (κ2) is 4.94. The van der Waals surface area contributed by atoms with Gasteiger partial charge in [0.25, 0.3) is 0 Å². The maximum absolute atomic E-state index is 5.55. The van der Waals surface area contributed by atoms with E-state index in [9.17, 15) is 0 Å². The first-order chi connectivity index (χ1) is 7.78. The Labute approximate surface area is 93.8 Å². The van der Waals surface area contributed by atoms with E-state index in [-0.39, 0.29) is 0 Å². The minimum Gasteiger partial charge on any atom is -0.465 e. The lowest BCUT2D eigenvalue weighted by atomic mass is 10.3.